The lowest BCUT2D eigenvalue weighted by Crippen LogP contribution is -2.28. The molecule has 5 nitrogen and oxygen atoms in total. The molecule has 1 atom stereocenters. The molecule has 0 saturated heterocycles. The third-order valence-corrected chi connectivity index (χ3v) is 5.93. The molecule has 0 N–H and O–H groups in total. The Hall–Kier alpha value is -0.690. The second kappa shape index (κ2) is 6.43. The molecule has 0 fully saturated rings. The number of rotatable bonds is 4. The molecule has 0 radical (unpaired) electrons. The molecule has 0 saturated carbocycles. The summed E-state index contributed by atoms with van der Waals surface area (Å²) in [6, 6.07) is 3.00. The molecule has 1 unspecified atom stereocenters. The maximum Gasteiger partial charge on any atom is 0.199 e. The SMILES string of the molecule is COc1c(Cl)cc(CS(=O)(=O)C2=NOC(C)(CCl)C2)cc1Cl. The molecule has 9 heteroatoms. The number of ether oxygens (including phenoxy) is 1. The van der Waals surface area contributed by atoms with Crippen LogP contribution in [0.1, 0.15) is 18.9 Å². The Balaban J connectivity index is 2.24. The summed E-state index contributed by atoms with van der Waals surface area (Å²) in [5, 5.41) is 4.12. The molecule has 2 rings (SSSR count). The molecule has 1 aromatic rings. The van der Waals surface area contributed by atoms with Gasteiger partial charge in [-0.05, 0) is 24.6 Å². The second-order valence-electron chi connectivity index (χ2n) is 5.19. The summed E-state index contributed by atoms with van der Waals surface area (Å²) in [6.07, 6.45) is 0.135. The van der Waals surface area contributed by atoms with Crippen molar-refractivity contribution in [3.8, 4) is 5.75 Å². The van der Waals surface area contributed by atoms with E-state index in [1.165, 1.54) is 19.2 Å². The third kappa shape index (κ3) is 3.62. The van der Waals surface area contributed by atoms with Crippen LogP contribution in [0.25, 0.3) is 0 Å². The van der Waals surface area contributed by atoms with Crippen LogP contribution in [-0.4, -0.2) is 32.1 Å². The van der Waals surface area contributed by atoms with Crippen LogP contribution in [0.3, 0.4) is 0 Å². The number of nitrogens with zero attached hydrogens (tertiary/aromatic N) is 1. The number of oxime groups is 1. The Bertz CT molecular complexity index is 697. The van der Waals surface area contributed by atoms with Crippen LogP contribution in [0.5, 0.6) is 5.75 Å². The quantitative estimate of drug-likeness (QED) is 0.741. The van der Waals surface area contributed by atoms with E-state index in [1.807, 2.05) is 0 Å². The number of alkyl halides is 1. The van der Waals surface area contributed by atoms with Crippen LogP contribution < -0.4 is 4.74 Å². The Morgan fingerprint density at radius 2 is 1.95 bits per heavy atom. The molecular weight excluding hydrogens is 373 g/mol. The van der Waals surface area contributed by atoms with Crippen molar-refractivity contribution in [2.75, 3.05) is 13.0 Å². The first-order chi connectivity index (χ1) is 10.2. The van der Waals surface area contributed by atoms with Crippen molar-refractivity contribution in [1.29, 1.82) is 0 Å². The maximum absolute atomic E-state index is 12.4. The lowest BCUT2D eigenvalue weighted by atomic mass is 10.1. The summed E-state index contributed by atoms with van der Waals surface area (Å²) < 4.78 is 29.9. The van der Waals surface area contributed by atoms with Crippen LogP contribution in [0, 0.1) is 0 Å². The van der Waals surface area contributed by atoms with Gasteiger partial charge in [-0.3, -0.25) is 0 Å². The van der Waals surface area contributed by atoms with Gasteiger partial charge in [-0.15, -0.1) is 11.6 Å². The summed E-state index contributed by atoms with van der Waals surface area (Å²) in [5.74, 6) is 0.174. The van der Waals surface area contributed by atoms with Gasteiger partial charge in [0.2, 0.25) is 0 Å². The molecular formula is C13H14Cl3NO4S. The molecule has 122 valence electrons. The van der Waals surface area contributed by atoms with Crippen LogP contribution in [0.4, 0.5) is 0 Å². The summed E-state index contributed by atoms with van der Waals surface area (Å²) in [6.45, 7) is 1.70. The summed E-state index contributed by atoms with van der Waals surface area (Å²) in [7, 11) is -2.21. The molecule has 1 aromatic carbocycles. The Kier molecular flexibility index (Phi) is 5.16. The minimum absolute atomic E-state index is 0.0290. The number of sulfone groups is 1. The van der Waals surface area contributed by atoms with E-state index in [2.05, 4.69) is 5.16 Å². The minimum atomic E-state index is -3.64. The van der Waals surface area contributed by atoms with E-state index in [4.69, 9.17) is 44.4 Å². The highest BCUT2D eigenvalue weighted by atomic mass is 35.5. The first-order valence-electron chi connectivity index (χ1n) is 6.26. The predicted octanol–water partition coefficient (Wildman–Crippen LogP) is 3.65. The first-order valence-corrected chi connectivity index (χ1v) is 9.21. The van der Waals surface area contributed by atoms with Gasteiger partial charge in [0.05, 0.1) is 28.8 Å². The van der Waals surface area contributed by atoms with Gasteiger partial charge >= 0.3 is 0 Å². The van der Waals surface area contributed by atoms with Crippen LogP contribution in [0.15, 0.2) is 17.3 Å². The lowest BCUT2D eigenvalue weighted by molar-refractivity contribution is 0.0152. The number of methoxy groups -OCH3 is 1. The summed E-state index contributed by atoms with van der Waals surface area (Å²) in [5.41, 5.74) is -0.350. The molecule has 0 bridgehead atoms. The van der Waals surface area contributed by atoms with Gasteiger partial charge in [0.25, 0.3) is 0 Å². The number of hydrogen-bond acceptors (Lipinski definition) is 5. The van der Waals surface area contributed by atoms with Crippen LogP contribution in [-0.2, 0) is 20.4 Å². The van der Waals surface area contributed by atoms with E-state index in [1.54, 1.807) is 6.92 Å². The van der Waals surface area contributed by atoms with E-state index >= 15 is 0 Å². The van der Waals surface area contributed by atoms with Crippen molar-refractivity contribution in [3.05, 3.63) is 27.7 Å². The van der Waals surface area contributed by atoms with Crippen molar-refractivity contribution in [2.45, 2.75) is 24.7 Å². The number of hydrogen-bond donors (Lipinski definition) is 0. The van der Waals surface area contributed by atoms with Gasteiger partial charge in [0, 0.05) is 6.42 Å². The Morgan fingerprint density at radius 1 is 1.36 bits per heavy atom. The second-order valence-corrected chi connectivity index (χ2v) is 8.26. The number of halogens is 3. The zero-order chi connectivity index (χ0) is 16.5. The van der Waals surface area contributed by atoms with Crippen LogP contribution >= 0.6 is 34.8 Å². The van der Waals surface area contributed by atoms with Crippen molar-refractivity contribution in [2.24, 2.45) is 5.16 Å². The van der Waals surface area contributed by atoms with Crippen molar-refractivity contribution < 1.29 is 18.0 Å². The third-order valence-electron chi connectivity index (χ3n) is 3.15. The van der Waals surface area contributed by atoms with Gasteiger partial charge in [-0.1, -0.05) is 28.4 Å². The van der Waals surface area contributed by atoms with Gasteiger partial charge in [-0.25, -0.2) is 8.42 Å². The molecule has 1 aliphatic rings. The zero-order valence-electron chi connectivity index (χ0n) is 11.9. The highest BCUT2D eigenvalue weighted by molar-refractivity contribution is 8.05. The van der Waals surface area contributed by atoms with Crippen molar-refractivity contribution in [3.63, 3.8) is 0 Å². The van der Waals surface area contributed by atoms with E-state index in [0.717, 1.165) is 0 Å². The van der Waals surface area contributed by atoms with Gasteiger partial charge in [0.1, 0.15) is 0 Å². The normalized spacial score (nSPS) is 21.4. The standard InChI is InChI=1S/C13H14Cl3NO4S/c1-13(7-14)5-11(17-21-13)22(18,19)6-8-3-9(15)12(20-2)10(16)4-8/h3-4H,5-7H2,1-2H3. The fraction of sp³-hybridized carbons (Fsp3) is 0.462. The van der Waals surface area contributed by atoms with Gasteiger partial charge < -0.3 is 9.57 Å². The molecule has 0 amide bonds. The average molecular weight is 387 g/mol. The molecule has 1 heterocycles. The fourth-order valence-electron chi connectivity index (χ4n) is 1.98. The molecule has 0 spiro atoms. The average Bonchev–Trinajstić information content (AvgIpc) is 2.82. The van der Waals surface area contributed by atoms with Gasteiger partial charge in [0.15, 0.2) is 26.2 Å². The van der Waals surface area contributed by atoms with Crippen molar-refractivity contribution in [1.82, 2.24) is 0 Å². The molecule has 1 aliphatic heterocycles. The molecule has 0 aliphatic carbocycles. The highest BCUT2D eigenvalue weighted by Gasteiger charge is 2.39. The monoisotopic (exact) mass is 385 g/mol. The smallest absolute Gasteiger partial charge is 0.199 e. The van der Waals surface area contributed by atoms with E-state index in [-0.39, 0.29) is 33.1 Å². The molecule has 0 aromatic heterocycles. The Labute approximate surface area is 144 Å². The van der Waals surface area contributed by atoms with E-state index in [9.17, 15) is 8.42 Å². The first kappa shape index (κ1) is 17.7. The van der Waals surface area contributed by atoms with Gasteiger partial charge in [-0.2, -0.15) is 0 Å². The number of benzene rings is 1. The lowest BCUT2D eigenvalue weighted by Gasteiger charge is -2.16. The highest BCUT2D eigenvalue weighted by Crippen LogP contribution is 2.35. The van der Waals surface area contributed by atoms with E-state index < -0.39 is 15.4 Å². The summed E-state index contributed by atoms with van der Waals surface area (Å²) >= 11 is 17.8. The van der Waals surface area contributed by atoms with E-state index in [0.29, 0.717) is 11.3 Å². The Morgan fingerprint density at radius 3 is 2.41 bits per heavy atom. The van der Waals surface area contributed by atoms with Crippen LogP contribution in [0.2, 0.25) is 10.0 Å². The molecule has 22 heavy (non-hydrogen) atoms. The largest absolute Gasteiger partial charge is 0.494 e. The zero-order valence-corrected chi connectivity index (χ0v) is 15.0. The maximum atomic E-state index is 12.4. The topological polar surface area (TPSA) is 65.0 Å². The summed E-state index contributed by atoms with van der Waals surface area (Å²) in [4.78, 5) is 5.11. The minimum Gasteiger partial charge on any atom is -0.494 e. The fourth-order valence-corrected chi connectivity index (χ4v) is 4.26. The van der Waals surface area contributed by atoms with Crippen molar-refractivity contribution >= 4 is 49.7 Å². The predicted molar refractivity (Wildman–Crippen MR) is 87.9 cm³/mol.